The largest absolute Gasteiger partial charge is 0.375 e. The molecule has 2 unspecified atom stereocenters. The number of ether oxygens (including phenoxy) is 1. The fourth-order valence-electron chi connectivity index (χ4n) is 2.71. The van der Waals surface area contributed by atoms with E-state index >= 15 is 0 Å². The van der Waals surface area contributed by atoms with Crippen LogP contribution in [0.5, 0.6) is 0 Å². The molecule has 1 aromatic carbocycles. The van der Waals surface area contributed by atoms with Crippen LogP contribution in [0.25, 0.3) is 0 Å². The van der Waals surface area contributed by atoms with E-state index in [-0.39, 0.29) is 12.0 Å². The molecular weight excluding hydrogens is 290 g/mol. The molecule has 1 aliphatic heterocycles. The molecule has 1 N–H and O–H groups in total. The predicted molar refractivity (Wildman–Crippen MR) is 90.9 cm³/mol. The van der Waals surface area contributed by atoms with Crippen molar-refractivity contribution in [2.45, 2.75) is 26.0 Å². The average Bonchev–Trinajstić information content (AvgIpc) is 2.58. The Morgan fingerprint density at radius 3 is 2.57 bits per heavy atom. The number of carbonyl (C=O) groups excluding carboxylic acids is 1. The van der Waals surface area contributed by atoms with Gasteiger partial charge in [-0.1, -0.05) is 0 Å². The molecule has 1 saturated heterocycles. The maximum Gasteiger partial charge on any atom is 0.255 e. The number of nitrogens with one attached hydrogen (secondary N) is 1. The lowest BCUT2D eigenvalue weighted by atomic mass is 10.1. The van der Waals surface area contributed by atoms with Crippen molar-refractivity contribution in [1.29, 1.82) is 0 Å². The van der Waals surface area contributed by atoms with Crippen molar-refractivity contribution >= 4 is 17.3 Å². The van der Waals surface area contributed by atoms with Gasteiger partial charge in [-0.05, 0) is 50.2 Å². The van der Waals surface area contributed by atoms with Crippen molar-refractivity contribution in [1.82, 2.24) is 4.98 Å². The van der Waals surface area contributed by atoms with E-state index in [1.165, 1.54) is 0 Å². The first-order valence-corrected chi connectivity index (χ1v) is 7.83. The van der Waals surface area contributed by atoms with Gasteiger partial charge in [0.1, 0.15) is 0 Å². The Hall–Kier alpha value is -2.40. The zero-order valence-electron chi connectivity index (χ0n) is 13.4. The van der Waals surface area contributed by atoms with E-state index in [9.17, 15) is 4.79 Å². The summed E-state index contributed by atoms with van der Waals surface area (Å²) in [4.78, 5) is 18.4. The first-order valence-electron chi connectivity index (χ1n) is 7.83. The van der Waals surface area contributed by atoms with Crippen LogP contribution in [0.2, 0.25) is 0 Å². The lowest BCUT2D eigenvalue weighted by molar-refractivity contribution is 0.0344. The summed E-state index contributed by atoms with van der Waals surface area (Å²) in [6.45, 7) is 5.86. The third-order valence-electron chi connectivity index (χ3n) is 4.01. The number of hydrogen-bond acceptors (Lipinski definition) is 4. The maximum absolute atomic E-state index is 12.1. The highest BCUT2D eigenvalue weighted by molar-refractivity contribution is 6.04. The topological polar surface area (TPSA) is 54.5 Å². The summed E-state index contributed by atoms with van der Waals surface area (Å²) in [5, 5.41) is 2.90. The van der Waals surface area contributed by atoms with Crippen molar-refractivity contribution in [2.24, 2.45) is 0 Å². The molecular formula is C18H21N3O2. The number of carbonyl (C=O) groups is 1. The number of anilines is 2. The Labute approximate surface area is 136 Å². The number of nitrogens with zero attached hydrogens (tertiary/aromatic N) is 2. The molecule has 1 aliphatic rings. The van der Waals surface area contributed by atoms with Gasteiger partial charge in [0.25, 0.3) is 5.91 Å². The molecule has 5 nitrogen and oxygen atoms in total. The molecule has 0 radical (unpaired) electrons. The summed E-state index contributed by atoms with van der Waals surface area (Å²) in [6.07, 6.45) is 3.45. The SMILES string of the molecule is CC1CN(c2ccc(NC(=O)c3ccncc3)cc2)C(C)CO1. The quantitative estimate of drug-likeness (QED) is 0.947. The molecule has 5 heteroatoms. The second kappa shape index (κ2) is 6.79. The van der Waals surface area contributed by atoms with Crippen LogP contribution < -0.4 is 10.2 Å². The highest BCUT2D eigenvalue weighted by Gasteiger charge is 2.23. The van der Waals surface area contributed by atoms with Crippen molar-refractivity contribution in [3.05, 3.63) is 54.4 Å². The summed E-state index contributed by atoms with van der Waals surface area (Å²) in [7, 11) is 0. The van der Waals surface area contributed by atoms with Gasteiger partial charge in [0, 0.05) is 41.9 Å². The Bertz CT molecular complexity index is 658. The van der Waals surface area contributed by atoms with E-state index in [0.717, 1.165) is 24.5 Å². The number of benzene rings is 1. The van der Waals surface area contributed by atoms with Crippen LogP contribution in [0.4, 0.5) is 11.4 Å². The van der Waals surface area contributed by atoms with Gasteiger partial charge in [0.05, 0.1) is 12.7 Å². The monoisotopic (exact) mass is 311 g/mol. The fourth-order valence-corrected chi connectivity index (χ4v) is 2.71. The second-order valence-electron chi connectivity index (χ2n) is 5.88. The van der Waals surface area contributed by atoms with Crippen LogP contribution in [0, 0.1) is 0 Å². The average molecular weight is 311 g/mol. The van der Waals surface area contributed by atoms with Gasteiger partial charge in [0.15, 0.2) is 0 Å². The lowest BCUT2D eigenvalue weighted by Crippen LogP contribution is -2.47. The molecule has 2 heterocycles. The predicted octanol–water partition coefficient (Wildman–Crippen LogP) is 2.95. The zero-order chi connectivity index (χ0) is 16.2. The zero-order valence-corrected chi connectivity index (χ0v) is 13.4. The molecule has 120 valence electrons. The third kappa shape index (κ3) is 3.68. The van der Waals surface area contributed by atoms with Crippen molar-refractivity contribution in [3.63, 3.8) is 0 Å². The van der Waals surface area contributed by atoms with Gasteiger partial charge < -0.3 is 15.0 Å². The highest BCUT2D eigenvalue weighted by Crippen LogP contribution is 2.23. The smallest absolute Gasteiger partial charge is 0.255 e. The van der Waals surface area contributed by atoms with E-state index in [0.29, 0.717) is 11.6 Å². The Morgan fingerprint density at radius 1 is 1.17 bits per heavy atom. The van der Waals surface area contributed by atoms with E-state index in [1.807, 2.05) is 24.3 Å². The number of morpholine rings is 1. The normalized spacial score (nSPS) is 21.0. The van der Waals surface area contributed by atoms with Gasteiger partial charge in [-0.15, -0.1) is 0 Å². The molecule has 2 atom stereocenters. The van der Waals surface area contributed by atoms with Gasteiger partial charge in [-0.3, -0.25) is 9.78 Å². The minimum Gasteiger partial charge on any atom is -0.375 e. The molecule has 3 rings (SSSR count). The first kappa shape index (κ1) is 15.5. The van der Waals surface area contributed by atoms with Crippen molar-refractivity contribution in [3.8, 4) is 0 Å². The first-order chi connectivity index (χ1) is 11.1. The summed E-state index contributed by atoms with van der Waals surface area (Å²) < 4.78 is 5.66. The molecule has 0 aliphatic carbocycles. The number of hydrogen-bond donors (Lipinski definition) is 1. The van der Waals surface area contributed by atoms with Crippen LogP contribution in [0.1, 0.15) is 24.2 Å². The lowest BCUT2D eigenvalue weighted by Gasteiger charge is -2.38. The Morgan fingerprint density at radius 2 is 1.87 bits per heavy atom. The van der Waals surface area contributed by atoms with E-state index < -0.39 is 0 Å². The van der Waals surface area contributed by atoms with Crippen LogP contribution in [-0.2, 0) is 4.74 Å². The number of pyridine rings is 1. The second-order valence-corrected chi connectivity index (χ2v) is 5.88. The van der Waals surface area contributed by atoms with Crippen molar-refractivity contribution < 1.29 is 9.53 Å². The molecule has 1 aromatic heterocycles. The van der Waals surface area contributed by atoms with Gasteiger partial charge >= 0.3 is 0 Å². The summed E-state index contributed by atoms with van der Waals surface area (Å²) in [5.41, 5.74) is 2.53. The number of rotatable bonds is 3. The van der Waals surface area contributed by atoms with E-state index in [4.69, 9.17) is 4.74 Å². The summed E-state index contributed by atoms with van der Waals surface area (Å²) in [6, 6.07) is 11.7. The minimum atomic E-state index is -0.131. The Kier molecular flexibility index (Phi) is 4.57. The standard InChI is InChI=1S/C18H21N3O2/c1-13-12-23-14(2)11-21(13)17-5-3-16(4-6-17)20-18(22)15-7-9-19-10-8-15/h3-10,13-14H,11-12H2,1-2H3,(H,20,22). The molecule has 1 amide bonds. The summed E-state index contributed by atoms with van der Waals surface area (Å²) >= 11 is 0. The third-order valence-corrected chi connectivity index (χ3v) is 4.01. The molecule has 0 saturated carbocycles. The van der Waals surface area contributed by atoms with Gasteiger partial charge in [-0.25, -0.2) is 0 Å². The molecule has 0 bridgehead atoms. The van der Waals surface area contributed by atoms with Crippen molar-refractivity contribution in [2.75, 3.05) is 23.4 Å². The number of aromatic nitrogens is 1. The fraction of sp³-hybridized carbons (Fsp3) is 0.333. The van der Waals surface area contributed by atoms with E-state index in [2.05, 4.69) is 29.0 Å². The minimum absolute atomic E-state index is 0.131. The maximum atomic E-state index is 12.1. The van der Waals surface area contributed by atoms with Crippen LogP contribution in [-0.4, -0.2) is 36.2 Å². The van der Waals surface area contributed by atoms with Gasteiger partial charge in [-0.2, -0.15) is 0 Å². The van der Waals surface area contributed by atoms with Crippen LogP contribution in [0.15, 0.2) is 48.8 Å². The van der Waals surface area contributed by atoms with Crippen LogP contribution in [0.3, 0.4) is 0 Å². The molecule has 23 heavy (non-hydrogen) atoms. The molecule has 2 aromatic rings. The number of amides is 1. The van der Waals surface area contributed by atoms with Crippen LogP contribution >= 0.6 is 0 Å². The Balaban J connectivity index is 1.68. The molecule has 0 spiro atoms. The summed E-state index contributed by atoms with van der Waals surface area (Å²) in [5.74, 6) is -0.131. The highest BCUT2D eigenvalue weighted by atomic mass is 16.5. The van der Waals surface area contributed by atoms with Gasteiger partial charge in [0.2, 0.25) is 0 Å². The molecule has 1 fully saturated rings. The van der Waals surface area contributed by atoms with E-state index in [1.54, 1.807) is 24.5 Å².